The van der Waals surface area contributed by atoms with Gasteiger partial charge in [0.05, 0.1) is 16.8 Å². The maximum Gasteiger partial charge on any atom is 0.181 e. The van der Waals surface area contributed by atoms with E-state index in [9.17, 15) is 0 Å². The van der Waals surface area contributed by atoms with Gasteiger partial charge in [0.2, 0.25) is 0 Å². The van der Waals surface area contributed by atoms with Crippen molar-refractivity contribution in [1.82, 2.24) is 4.98 Å². The zero-order valence-corrected chi connectivity index (χ0v) is 9.51. The van der Waals surface area contributed by atoms with Crippen LogP contribution in [0.2, 0.25) is 0 Å². The molecule has 0 aliphatic rings. The number of aromatic nitrogens is 1. The van der Waals surface area contributed by atoms with Crippen molar-refractivity contribution in [1.29, 1.82) is 0 Å². The monoisotopic (exact) mass is 222 g/mol. The Kier molecular flexibility index (Phi) is 3.06. The van der Waals surface area contributed by atoms with Crippen LogP contribution in [0.3, 0.4) is 0 Å². The van der Waals surface area contributed by atoms with E-state index in [1.165, 1.54) is 11.3 Å². The summed E-state index contributed by atoms with van der Waals surface area (Å²) in [5.74, 6) is 0.902. The summed E-state index contributed by atoms with van der Waals surface area (Å²) in [6.07, 6.45) is 2.23. The third-order valence-corrected chi connectivity index (χ3v) is 2.99. The van der Waals surface area contributed by atoms with Gasteiger partial charge in [0.1, 0.15) is 5.75 Å². The van der Waals surface area contributed by atoms with Gasteiger partial charge in [-0.1, -0.05) is 24.7 Å². The Bertz CT molecular complexity index is 453. The Balaban J connectivity index is 2.15. The molecule has 1 heterocycles. The number of anilines is 1. The summed E-state index contributed by atoms with van der Waals surface area (Å²) in [5, 5.41) is 0.607. The molecule has 0 bridgehead atoms. The number of hydrogen-bond donors (Lipinski definition) is 1. The van der Waals surface area contributed by atoms with E-state index in [1.807, 2.05) is 18.2 Å². The fourth-order valence-corrected chi connectivity index (χ4v) is 2.11. The molecule has 15 heavy (non-hydrogen) atoms. The highest BCUT2D eigenvalue weighted by Gasteiger charge is 2.02. The van der Waals surface area contributed by atoms with Crippen LogP contribution in [0.25, 0.3) is 10.2 Å². The summed E-state index contributed by atoms with van der Waals surface area (Å²) in [4.78, 5) is 4.19. The SMILES string of the molecule is CCCCOc1ccc2nc(N)sc2c1. The van der Waals surface area contributed by atoms with Crippen molar-refractivity contribution in [3.05, 3.63) is 18.2 Å². The number of nitrogen functional groups attached to an aromatic ring is 1. The lowest BCUT2D eigenvalue weighted by atomic mass is 10.3. The van der Waals surface area contributed by atoms with Gasteiger partial charge in [-0.05, 0) is 24.6 Å². The fraction of sp³-hybridized carbons (Fsp3) is 0.364. The maximum atomic E-state index is 5.63. The van der Waals surface area contributed by atoms with E-state index >= 15 is 0 Å². The summed E-state index contributed by atoms with van der Waals surface area (Å²) in [6.45, 7) is 2.92. The van der Waals surface area contributed by atoms with Crippen LogP contribution in [-0.4, -0.2) is 11.6 Å². The average Bonchev–Trinajstić information content (AvgIpc) is 2.57. The second-order valence-electron chi connectivity index (χ2n) is 3.38. The molecule has 80 valence electrons. The van der Waals surface area contributed by atoms with E-state index in [0.717, 1.165) is 35.4 Å². The van der Waals surface area contributed by atoms with Gasteiger partial charge in [0.25, 0.3) is 0 Å². The summed E-state index contributed by atoms with van der Waals surface area (Å²) < 4.78 is 6.69. The lowest BCUT2D eigenvalue weighted by molar-refractivity contribution is 0.310. The third kappa shape index (κ3) is 2.39. The fourth-order valence-electron chi connectivity index (χ4n) is 1.35. The predicted molar refractivity (Wildman–Crippen MR) is 64.4 cm³/mol. The molecular formula is C11H14N2OS. The Morgan fingerprint density at radius 3 is 3.13 bits per heavy atom. The summed E-state index contributed by atoms with van der Waals surface area (Å²) in [5.41, 5.74) is 6.57. The highest BCUT2D eigenvalue weighted by molar-refractivity contribution is 7.22. The summed E-state index contributed by atoms with van der Waals surface area (Å²) in [6, 6.07) is 5.89. The van der Waals surface area contributed by atoms with Crippen molar-refractivity contribution < 1.29 is 4.74 Å². The third-order valence-electron chi connectivity index (χ3n) is 2.14. The minimum atomic E-state index is 0.607. The van der Waals surface area contributed by atoms with Crippen molar-refractivity contribution in [2.75, 3.05) is 12.3 Å². The standard InChI is InChI=1S/C11H14N2OS/c1-2-3-6-14-8-4-5-9-10(7-8)15-11(12)13-9/h4-5,7H,2-3,6H2,1H3,(H2,12,13). The van der Waals surface area contributed by atoms with Gasteiger partial charge in [0, 0.05) is 0 Å². The Morgan fingerprint density at radius 2 is 2.33 bits per heavy atom. The van der Waals surface area contributed by atoms with Crippen LogP contribution in [0.15, 0.2) is 18.2 Å². The molecule has 2 aromatic rings. The molecule has 0 atom stereocenters. The highest BCUT2D eigenvalue weighted by atomic mass is 32.1. The number of unbranched alkanes of at least 4 members (excludes halogenated alkanes) is 1. The molecule has 2 rings (SSSR count). The number of rotatable bonds is 4. The second kappa shape index (κ2) is 4.49. The number of hydrogen-bond acceptors (Lipinski definition) is 4. The van der Waals surface area contributed by atoms with Crippen molar-refractivity contribution >= 4 is 26.7 Å². The molecular weight excluding hydrogens is 208 g/mol. The van der Waals surface area contributed by atoms with E-state index in [4.69, 9.17) is 10.5 Å². The molecule has 0 saturated heterocycles. The highest BCUT2D eigenvalue weighted by Crippen LogP contribution is 2.27. The summed E-state index contributed by atoms with van der Waals surface area (Å²) in [7, 11) is 0. The molecule has 0 saturated carbocycles. The maximum absolute atomic E-state index is 5.63. The Labute approximate surface area is 92.9 Å². The number of benzene rings is 1. The predicted octanol–water partition coefficient (Wildman–Crippen LogP) is 3.06. The van der Waals surface area contributed by atoms with Gasteiger partial charge in [-0.25, -0.2) is 4.98 Å². The van der Waals surface area contributed by atoms with Crippen LogP contribution in [0.1, 0.15) is 19.8 Å². The number of ether oxygens (including phenoxy) is 1. The molecule has 4 heteroatoms. The van der Waals surface area contributed by atoms with Gasteiger partial charge in [0.15, 0.2) is 5.13 Å². The van der Waals surface area contributed by atoms with E-state index < -0.39 is 0 Å². The quantitative estimate of drug-likeness (QED) is 0.809. The van der Waals surface area contributed by atoms with Crippen LogP contribution in [0.4, 0.5) is 5.13 Å². The van der Waals surface area contributed by atoms with Gasteiger partial charge >= 0.3 is 0 Å². The molecule has 1 aromatic carbocycles. The zero-order chi connectivity index (χ0) is 10.7. The van der Waals surface area contributed by atoms with Crippen molar-refractivity contribution in [3.8, 4) is 5.75 Å². The van der Waals surface area contributed by atoms with E-state index in [-0.39, 0.29) is 0 Å². The van der Waals surface area contributed by atoms with Gasteiger partial charge in [-0.3, -0.25) is 0 Å². The van der Waals surface area contributed by atoms with Gasteiger partial charge in [-0.15, -0.1) is 0 Å². The number of fused-ring (bicyclic) bond motifs is 1. The first-order chi connectivity index (χ1) is 7.29. The van der Waals surface area contributed by atoms with Crippen LogP contribution in [0, 0.1) is 0 Å². The zero-order valence-electron chi connectivity index (χ0n) is 8.69. The van der Waals surface area contributed by atoms with E-state index in [2.05, 4.69) is 11.9 Å². The summed E-state index contributed by atoms with van der Waals surface area (Å²) >= 11 is 1.49. The Hall–Kier alpha value is -1.29. The van der Waals surface area contributed by atoms with Crippen LogP contribution in [-0.2, 0) is 0 Å². The molecule has 2 N–H and O–H groups in total. The first-order valence-electron chi connectivity index (χ1n) is 5.08. The first-order valence-corrected chi connectivity index (χ1v) is 5.90. The topological polar surface area (TPSA) is 48.1 Å². The first kappa shape index (κ1) is 10.2. The number of nitrogens with two attached hydrogens (primary N) is 1. The van der Waals surface area contributed by atoms with Crippen molar-refractivity contribution in [2.45, 2.75) is 19.8 Å². The minimum absolute atomic E-state index is 0.607. The van der Waals surface area contributed by atoms with E-state index in [1.54, 1.807) is 0 Å². The van der Waals surface area contributed by atoms with E-state index in [0.29, 0.717) is 5.13 Å². The number of nitrogens with zero attached hydrogens (tertiary/aromatic N) is 1. The van der Waals surface area contributed by atoms with Crippen molar-refractivity contribution in [3.63, 3.8) is 0 Å². The van der Waals surface area contributed by atoms with Crippen molar-refractivity contribution in [2.24, 2.45) is 0 Å². The smallest absolute Gasteiger partial charge is 0.181 e. The average molecular weight is 222 g/mol. The molecule has 3 nitrogen and oxygen atoms in total. The molecule has 0 amide bonds. The molecule has 1 aromatic heterocycles. The lowest BCUT2D eigenvalue weighted by Crippen LogP contribution is -1.95. The minimum Gasteiger partial charge on any atom is -0.494 e. The van der Waals surface area contributed by atoms with Crippen LogP contribution >= 0.6 is 11.3 Å². The van der Waals surface area contributed by atoms with Crippen LogP contribution < -0.4 is 10.5 Å². The normalized spacial score (nSPS) is 10.7. The largest absolute Gasteiger partial charge is 0.494 e. The molecule has 0 aliphatic carbocycles. The number of thiazole rings is 1. The molecule has 0 radical (unpaired) electrons. The second-order valence-corrected chi connectivity index (χ2v) is 4.45. The molecule has 0 spiro atoms. The lowest BCUT2D eigenvalue weighted by Gasteiger charge is -2.04. The molecule has 0 fully saturated rings. The van der Waals surface area contributed by atoms with Gasteiger partial charge in [-0.2, -0.15) is 0 Å². The molecule has 0 unspecified atom stereocenters. The molecule has 0 aliphatic heterocycles. The Morgan fingerprint density at radius 1 is 1.47 bits per heavy atom. The van der Waals surface area contributed by atoms with Crippen LogP contribution in [0.5, 0.6) is 5.75 Å². The van der Waals surface area contributed by atoms with Gasteiger partial charge < -0.3 is 10.5 Å².